The number of hydrogen-bond donors (Lipinski definition) is 4. The van der Waals surface area contributed by atoms with Gasteiger partial charge in [0.1, 0.15) is 18.3 Å². The molecule has 1 saturated heterocycles. The van der Waals surface area contributed by atoms with E-state index in [1.807, 2.05) is 0 Å². The fraction of sp³-hybridized carbons (Fsp3) is 1.00. The molecule has 1 heterocycles. The Hall–Kier alpha value is -0.0900. The van der Waals surface area contributed by atoms with Gasteiger partial charge < -0.3 is 44.7 Å². The molecule has 0 spiro atoms. The molecule has 1 aliphatic rings. The number of aliphatic hydroxyl groups excluding tert-OH is 3. The van der Waals surface area contributed by atoms with Gasteiger partial charge in [-0.1, -0.05) is 0 Å². The molecule has 1 aliphatic heterocycles. The molecular formula is C6H12NO8P-2. The molecular weight excluding hydrogens is 245 g/mol. The van der Waals surface area contributed by atoms with Crippen molar-refractivity contribution in [2.75, 3.05) is 6.61 Å². The van der Waals surface area contributed by atoms with Crippen molar-refractivity contribution in [1.29, 1.82) is 0 Å². The van der Waals surface area contributed by atoms with Crippen LogP contribution in [0.5, 0.6) is 0 Å². The second-order valence-electron chi connectivity index (χ2n) is 3.37. The van der Waals surface area contributed by atoms with E-state index in [0.717, 1.165) is 0 Å². The lowest BCUT2D eigenvalue weighted by Gasteiger charge is -2.40. The maximum atomic E-state index is 10.2. The van der Waals surface area contributed by atoms with Crippen LogP contribution >= 0.6 is 7.82 Å². The quantitative estimate of drug-likeness (QED) is 0.364. The summed E-state index contributed by atoms with van der Waals surface area (Å²) in [7, 11) is -5.20. The van der Waals surface area contributed by atoms with E-state index < -0.39 is 45.1 Å². The molecule has 0 bridgehead atoms. The molecule has 5 atom stereocenters. The van der Waals surface area contributed by atoms with Crippen LogP contribution in [-0.4, -0.2) is 52.6 Å². The Morgan fingerprint density at radius 2 is 1.88 bits per heavy atom. The Morgan fingerprint density at radius 1 is 1.31 bits per heavy atom. The number of aliphatic hydroxyl groups is 3. The largest absolute Gasteiger partial charge is 0.790 e. The molecule has 0 aliphatic carbocycles. The van der Waals surface area contributed by atoms with Gasteiger partial charge in [-0.05, 0) is 0 Å². The molecule has 9 nitrogen and oxygen atoms in total. The molecule has 10 heteroatoms. The Kier molecular flexibility index (Phi) is 4.41. The minimum Gasteiger partial charge on any atom is -0.790 e. The van der Waals surface area contributed by atoms with Gasteiger partial charge in [0.25, 0.3) is 0 Å². The number of ether oxygens (including phenoxy) is 1. The average molecular weight is 257 g/mol. The third-order valence-corrected chi connectivity index (χ3v) is 2.63. The summed E-state index contributed by atoms with van der Waals surface area (Å²) in [5.41, 5.74) is 5.25. The zero-order chi connectivity index (χ0) is 12.5. The topological polar surface area (TPSA) is 168 Å². The van der Waals surface area contributed by atoms with Gasteiger partial charge in [0.2, 0.25) is 0 Å². The first-order valence-electron chi connectivity index (χ1n) is 4.34. The minimum atomic E-state index is -5.20. The van der Waals surface area contributed by atoms with Gasteiger partial charge in [-0.25, -0.2) is 0 Å². The average Bonchev–Trinajstić information content (AvgIpc) is 2.17. The van der Waals surface area contributed by atoms with Crippen molar-refractivity contribution in [3.8, 4) is 0 Å². The lowest BCUT2D eigenvalue weighted by molar-refractivity contribution is -0.345. The Balaban J connectivity index is 2.57. The highest BCUT2D eigenvalue weighted by Crippen LogP contribution is 2.27. The van der Waals surface area contributed by atoms with Crippen molar-refractivity contribution in [2.24, 2.45) is 5.73 Å². The van der Waals surface area contributed by atoms with Gasteiger partial charge >= 0.3 is 0 Å². The van der Waals surface area contributed by atoms with E-state index in [1.165, 1.54) is 0 Å². The number of rotatable bonds is 3. The highest BCUT2D eigenvalue weighted by atomic mass is 31.2. The van der Waals surface area contributed by atoms with Crippen LogP contribution in [0.25, 0.3) is 0 Å². The summed E-state index contributed by atoms with van der Waals surface area (Å²) in [5.74, 6) is 0. The van der Waals surface area contributed by atoms with E-state index in [2.05, 4.69) is 9.26 Å². The molecule has 1 unspecified atom stereocenters. The minimum absolute atomic E-state index is 0.799. The monoisotopic (exact) mass is 257 g/mol. The third kappa shape index (κ3) is 3.45. The lowest BCUT2D eigenvalue weighted by Crippen LogP contribution is -2.62. The number of phosphoric ester groups is 1. The molecule has 1 fully saturated rings. The summed E-state index contributed by atoms with van der Waals surface area (Å²) in [5, 5.41) is 27.9. The summed E-state index contributed by atoms with van der Waals surface area (Å²) < 4.78 is 18.7. The normalized spacial score (nSPS) is 41.0. The van der Waals surface area contributed by atoms with Crippen molar-refractivity contribution in [1.82, 2.24) is 0 Å². The van der Waals surface area contributed by atoms with Crippen LogP contribution < -0.4 is 15.5 Å². The van der Waals surface area contributed by atoms with Crippen LogP contribution in [0.4, 0.5) is 0 Å². The maximum Gasteiger partial charge on any atom is 0.173 e. The van der Waals surface area contributed by atoms with Crippen molar-refractivity contribution in [3.05, 3.63) is 0 Å². The smallest absolute Gasteiger partial charge is 0.173 e. The summed E-state index contributed by atoms with van der Waals surface area (Å²) >= 11 is 0. The van der Waals surface area contributed by atoms with Gasteiger partial charge in [-0.15, -0.1) is 0 Å². The molecule has 0 aromatic rings. The van der Waals surface area contributed by atoms with Crippen molar-refractivity contribution in [2.45, 2.75) is 30.6 Å². The molecule has 96 valence electrons. The highest BCUT2D eigenvalue weighted by molar-refractivity contribution is 7.43. The van der Waals surface area contributed by atoms with E-state index in [0.29, 0.717) is 0 Å². The lowest BCUT2D eigenvalue weighted by atomic mass is 9.98. The first-order chi connectivity index (χ1) is 7.22. The van der Waals surface area contributed by atoms with E-state index in [4.69, 9.17) is 10.8 Å². The SMILES string of the molecule is N[C@@H]1C(O)O[C@H](COP(=O)([O-])[O-])[C@@H](O)[C@@H]1O. The van der Waals surface area contributed by atoms with Crippen LogP contribution in [0.1, 0.15) is 0 Å². The molecule has 1 rings (SSSR count). The summed E-state index contributed by atoms with van der Waals surface area (Å²) in [6.07, 6.45) is -5.98. The molecule has 0 radical (unpaired) electrons. The van der Waals surface area contributed by atoms with Crippen LogP contribution in [-0.2, 0) is 13.8 Å². The van der Waals surface area contributed by atoms with E-state index in [-0.39, 0.29) is 0 Å². The van der Waals surface area contributed by atoms with Gasteiger partial charge in [-0.2, -0.15) is 0 Å². The van der Waals surface area contributed by atoms with Gasteiger partial charge in [0.15, 0.2) is 6.29 Å². The Bertz CT molecular complexity index is 282. The van der Waals surface area contributed by atoms with Crippen LogP contribution in [0.3, 0.4) is 0 Å². The van der Waals surface area contributed by atoms with Crippen molar-refractivity contribution in [3.63, 3.8) is 0 Å². The third-order valence-electron chi connectivity index (χ3n) is 2.17. The predicted octanol–water partition coefficient (Wildman–Crippen LogP) is -4.40. The van der Waals surface area contributed by atoms with E-state index in [9.17, 15) is 24.6 Å². The number of phosphoric acid groups is 1. The van der Waals surface area contributed by atoms with Crippen LogP contribution in [0.15, 0.2) is 0 Å². The summed E-state index contributed by atoms with van der Waals surface area (Å²) in [6.45, 7) is -0.799. The predicted molar refractivity (Wildman–Crippen MR) is 44.4 cm³/mol. The molecule has 5 N–H and O–H groups in total. The second kappa shape index (κ2) is 5.05. The van der Waals surface area contributed by atoms with Crippen molar-refractivity contribution < 1.29 is 38.9 Å². The van der Waals surface area contributed by atoms with Crippen molar-refractivity contribution >= 4 is 7.82 Å². The van der Waals surface area contributed by atoms with Gasteiger partial charge in [0.05, 0.1) is 20.5 Å². The maximum absolute atomic E-state index is 10.2. The molecule has 0 aromatic carbocycles. The molecule has 0 saturated carbocycles. The first-order valence-corrected chi connectivity index (χ1v) is 5.80. The molecule has 0 aromatic heterocycles. The fourth-order valence-corrected chi connectivity index (χ4v) is 1.60. The Labute approximate surface area is 90.6 Å². The van der Waals surface area contributed by atoms with Gasteiger partial charge in [-0.3, -0.25) is 0 Å². The zero-order valence-corrected chi connectivity index (χ0v) is 8.90. The van der Waals surface area contributed by atoms with E-state index >= 15 is 0 Å². The standard InChI is InChI=1S/C6H14NO8P/c7-3-5(9)4(8)2(15-6(3)10)1-14-16(11,12)13/h2-6,8-10H,1,7H2,(H2,11,12,13)/p-2/t2-,3+,4-,5-,6?/m1/s1. The number of nitrogens with two attached hydrogens (primary N) is 1. The summed E-state index contributed by atoms with van der Waals surface area (Å²) in [6, 6.07) is -1.22. The zero-order valence-electron chi connectivity index (χ0n) is 8.00. The van der Waals surface area contributed by atoms with E-state index in [1.54, 1.807) is 0 Å². The molecule has 16 heavy (non-hydrogen) atoms. The highest BCUT2D eigenvalue weighted by Gasteiger charge is 2.42. The molecule has 0 amide bonds. The van der Waals surface area contributed by atoms with Gasteiger partial charge in [0, 0.05) is 0 Å². The Morgan fingerprint density at radius 3 is 2.38 bits per heavy atom. The van der Waals surface area contributed by atoms with Crippen LogP contribution in [0, 0.1) is 0 Å². The summed E-state index contributed by atoms with van der Waals surface area (Å²) in [4.78, 5) is 20.3. The number of hydrogen-bond acceptors (Lipinski definition) is 9. The van der Waals surface area contributed by atoms with Crippen LogP contribution in [0.2, 0.25) is 0 Å². The second-order valence-corrected chi connectivity index (χ2v) is 4.52. The fourth-order valence-electron chi connectivity index (χ4n) is 1.27. The first kappa shape index (κ1) is 14.0.